The molecule has 0 aliphatic heterocycles. The van der Waals surface area contributed by atoms with Crippen LogP contribution in [0.5, 0.6) is 0 Å². The summed E-state index contributed by atoms with van der Waals surface area (Å²) < 4.78 is 2.06. The number of amides is 1. The van der Waals surface area contributed by atoms with Crippen molar-refractivity contribution in [2.75, 3.05) is 5.32 Å². The third kappa shape index (κ3) is 3.62. The lowest BCUT2D eigenvalue weighted by molar-refractivity contribution is -0.120. The fourth-order valence-corrected chi connectivity index (χ4v) is 3.27. The first kappa shape index (κ1) is 15.7. The molecule has 2 N–H and O–H groups in total. The van der Waals surface area contributed by atoms with E-state index in [9.17, 15) is 9.90 Å². The number of aromatic nitrogens is 2. The van der Waals surface area contributed by atoms with E-state index in [0.717, 1.165) is 36.5 Å². The van der Waals surface area contributed by atoms with E-state index in [4.69, 9.17) is 0 Å². The van der Waals surface area contributed by atoms with Crippen molar-refractivity contribution in [1.29, 1.82) is 0 Å². The number of carbonyl (C=O) groups excluding carboxylic acids is 1. The van der Waals surface area contributed by atoms with Gasteiger partial charge in [-0.1, -0.05) is 25.0 Å². The number of aryl methyl sites for hydroxylation is 1. The predicted molar refractivity (Wildman–Crippen MR) is 90.0 cm³/mol. The summed E-state index contributed by atoms with van der Waals surface area (Å²) in [5.41, 5.74) is 0.883. The van der Waals surface area contributed by atoms with Gasteiger partial charge in [-0.2, -0.15) is 0 Å². The van der Waals surface area contributed by atoms with Crippen molar-refractivity contribution >= 4 is 11.6 Å². The highest BCUT2D eigenvalue weighted by Crippen LogP contribution is 2.32. The first-order valence-corrected chi connectivity index (χ1v) is 8.23. The molecule has 1 aliphatic carbocycles. The van der Waals surface area contributed by atoms with Crippen LogP contribution in [0, 0.1) is 0 Å². The quantitative estimate of drug-likeness (QED) is 0.890. The summed E-state index contributed by atoms with van der Waals surface area (Å²) in [6, 6.07) is 7.67. The van der Waals surface area contributed by atoms with Gasteiger partial charge in [-0.3, -0.25) is 4.79 Å². The Hall–Kier alpha value is -2.14. The molecule has 0 saturated heterocycles. The lowest BCUT2D eigenvalue weighted by Gasteiger charge is -2.21. The van der Waals surface area contributed by atoms with Gasteiger partial charge in [0.05, 0.1) is 12.0 Å². The number of nitrogens with one attached hydrogen (secondary N) is 1. The number of carbonyl (C=O) groups is 1. The van der Waals surface area contributed by atoms with E-state index in [0.29, 0.717) is 12.8 Å². The molecule has 0 atom stereocenters. The Morgan fingerprint density at radius 1 is 1.39 bits per heavy atom. The third-order valence-electron chi connectivity index (χ3n) is 4.48. The predicted octanol–water partition coefficient (Wildman–Crippen LogP) is 3.20. The molecule has 1 fully saturated rings. The maximum absolute atomic E-state index is 12.2. The maximum Gasteiger partial charge on any atom is 0.227 e. The molecule has 1 amide bonds. The van der Waals surface area contributed by atoms with Gasteiger partial charge in [0, 0.05) is 30.2 Å². The number of anilines is 1. The van der Waals surface area contributed by atoms with Crippen LogP contribution in [0.2, 0.25) is 0 Å². The minimum Gasteiger partial charge on any atom is -0.389 e. The Labute approximate surface area is 136 Å². The van der Waals surface area contributed by atoms with Gasteiger partial charge < -0.3 is 15.0 Å². The van der Waals surface area contributed by atoms with Gasteiger partial charge in [0.25, 0.3) is 0 Å². The van der Waals surface area contributed by atoms with E-state index in [1.54, 1.807) is 6.20 Å². The Morgan fingerprint density at radius 2 is 2.17 bits per heavy atom. The van der Waals surface area contributed by atoms with Crippen molar-refractivity contribution in [2.24, 2.45) is 0 Å². The molecule has 1 aromatic heterocycles. The van der Waals surface area contributed by atoms with Gasteiger partial charge in [0.15, 0.2) is 0 Å². The Kier molecular flexibility index (Phi) is 4.48. The topological polar surface area (TPSA) is 67.2 Å². The number of hydrogen-bond donors (Lipinski definition) is 2. The molecule has 3 rings (SSSR count). The standard InChI is InChI=1S/C18H23N3O2/c1-2-21-11-10-19-17(21)14-6-5-7-15(12-14)20-16(22)13-18(23)8-3-4-9-18/h5-7,10-12,23H,2-4,8-9,13H2,1H3,(H,20,22). The zero-order chi connectivity index (χ0) is 16.3. The van der Waals surface area contributed by atoms with Gasteiger partial charge in [-0.15, -0.1) is 0 Å². The van der Waals surface area contributed by atoms with Crippen LogP contribution in [-0.4, -0.2) is 26.2 Å². The van der Waals surface area contributed by atoms with Gasteiger partial charge in [-0.25, -0.2) is 4.98 Å². The number of benzene rings is 1. The summed E-state index contributed by atoms with van der Waals surface area (Å²) in [6.45, 7) is 2.91. The molecule has 122 valence electrons. The highest BCUT2D eigenvalue weighted by Gasteiger charge is 2.33. The second kappa shape index (κ2) is 6.54. The van der Waals surface area contributed by atoms with Crippen LogP contribution < -0.4 is 5.32 Å². The molecule has 1 aliphatic rings. The van der Waals surface area contributed by atoms with Crippen LogP contribution in [0.1, 0.15) is 39.0 Å². The molecule has 1 saturated carbocycles. The molecule has 0 radical (unpaired) electrons. The van der Waals surface area contributed by atoms with Crippen LogP contribution in [0.15, 0.2) is 36.7 Å². The SMILES string of the molecule is CCn1ccnc1-c1cccc(NC(=O)CC2(O)CCCC2)c1. The molecule has 1 aromatic carbocycles. The number of imidazole rings is 1. The summed E-state index contributed by atoms with van der Waals surface area (Å²) in [5.74, 6) is 0.753. The largest absolute Gasteiger partial charge is 0.389 e. The summed E-state index contributed by atoms with van der Waals surface area (Å²) >= 11 is 0. The Bertz CT molecular complexity index is 687. The second-order valence-corrected chi connectivity index (χ2v) is 6.27. The van der Waals surface area contributed by atoms with Crippen molar-refractivity contribution in [3.05, 3.63) is 36.7 Å². The van der Waals surface area contributed by atoms with Crippen LogP contribution in [0.3, 0.4) is 0 Å². The molecule has 23 heavy (non-hydrogen) atoms. The number of rotatable bonds is 5. The van der Waals surface area contributed by atoms with E-state index in [1.807, 2.05) is 30.5 Å². The van der Waals surface area contributed by atoms with Gasteiger partial charge in [0.2, 0.25) is 5.91 Å². The van der Waals surface area contributed by atoms with Gasteiger partial charge in [0.1, 0.15) is 5.82 Å². The average Bonchev–Trinajstić information content (AvgIpc) is 3.16. The number of hydrogen-bond acceptors (Lipinski definition) is 3. The van der Waals surface area contributed by atoms with Gasteiger partial charge in [-0.05, 0) is 31.9 Å². The van der Waals surface area contributed by atoms with E-state index >= 15 is 0 Å². The fourth-order valence-electron chi connectivity index (χ4n) is 3.27. The van der Waals surface area contributed by atoms with Crippen LogP contribution in [0.4, 0.5) is 5.69 Å². The lowest BCUT2D eigenvalue weighted by Crippen LogP contribution is -2.30. The minimum absolute atomic E-state index is 0.134. The summed E-state index contributed by atoms with van der Waals surface area (Å²) in [6.07, 6.45) is 7.32. The average molecular weight is 313 g/mol. The number of aliphatic hydroxyl groups is 1. The van der Waals surface area contributed by atoms with Crippen LogP contribution in [0.25, 0.3) is 11.4 Å². The molecule has 2 aromatic rings. The van der Waals surface area contributed by atoms with Crippen molar-refractivity contribution in [1.82, 2.24) is 9.55 Å². The molecule has 1 heterocycles. The zero-order valence-electron chi connectivity index (χ0n) is 13.5. The van der Waals surface area contributed by atoms with E-state index in [-0.39, 0.29) is 12.3 Å². The van der Waals surface area contributed by atoms with E-state index in [2.05, 4.69) is 21.8 Å². The Balaban J connectivity index is 1.71. The van der Waals surface area contributed by atoms with Crippen molar-refractivity contribution in [3.8, 4) is 11.4 Å². The van der Waals surface area contributed by atoms with Gasteiger partial charge >= 0.3 is 0 Å². The molecular formula is C18H23N3O2. The highest BCUT2D eigenvalue weighted by molar-refractivity contribution is 5.92. The van der Waals surface area contributed by atoms with Crippen molar-refractivity contribution in [3.63, 3.8) is 0 Å². The monoisotopic (exact) mass is 313 g/mol. The third-order valence-corrected chi connectivity index (χ3v) is 4.48. The molecule has 5 nitrogen and oxygen atoms in total. The van der Waals surface area contributed by atoms with Crippen molar-refractivity contribution in [2.45, 2.75) is 51.2 Å². The maximum atomic E-state index is 12.2. The molecule has 0 spiro atoms. The minimum atomic E-state index is -0.819. The zero-order valence-corrected chi connectivity index (χ0v) is 13.5. The fraction of sp³-hybridized carbons (Fsp3) is 0.444. The summed E-state index contributed by atoms with van der Waals surface area (Å²) in [7, 11) is 0. The number of nitrogens with zero attached hydrogens (tertiary/aromatic N) is 2. The molecular weight excluding hydrogens is 290 g/mol. The van der Waals surface area contributed by atoms with Crippen LogP contribution >= 0.6 is 0 Å². The second-order valence-electron chi connectivity index (χ2n) is 6.27. The summed E-state index contributed by atoms with van der Waals surface area (Å²) in [4.78, 5) is 16.6. The lowest BCUT2D eigenvalue weighted by atomic mass is 9.97. The smallest absolute Gasteiger partial charge is 0.227 e. The molecule has 0 bridgehead atoms. The molecule has 0 unspecified atom stereocenters. The first-order chi connectivity index (χ1) is 11.1. The van der Waals surface area contributed by atoms with E-state index < -0.39 is 5.60 Å². The Morgan fingerprint density at radius 3 is 2.91 bits per heavy atom. The summed E-state index contributed by atoms with van der Waals surface area (Å²) in [5, 5.41) is 13.2. The van der Waals surface area contributed by atoms with E-state index in [1.165, 1.54) is 0 Å². The van der Waals surface area contributed by atoms with Crippen LogP contribution in [-0.2, 0) is 11.3 Å². The first-order valence-electron chi connectivity index (χ1n) is 8.23. The van der Waals surface area contributed by atoms with Crippen molar-refractivity contribution < 1.29 is 9.90 Å². The highest BCUT2D eigenvalue weighted by atomic mass is 16.3. The molecule has 5 heteroatoms. The normalized spacial score (nSPS) is 16.4.